The first-order valence-electron chi connectivity index (χ1n) is 8.47. The highest BCUT2D eigenvalue weighted by atomic mass is 35.5. The molecule has 1 saturated heterocycles. The van der Waals surface area contributed by atoms with Gasteiger partial charge >= 0.3 is 6.03 Å². The van der Waals surface area contributed by atoms with Gasteiger partial charge in [-0.15, -0.1) is 0 Å². The molecule has 2 aromatic rings. The maximum atomic E-state index is 13.7. The number of piperazine rings is 1. The SMILES string of the molecule is C[C@H]1CN(C(=O)Nc2ccc(F)cc2F)CCN1S(=O)(=O)c1ccc(Cl)cc1. The number of rotatable bonds is 3. The highest BCUT2D eigenvalue weighted by Crippen LogP contribution is 2.23. The molecule has 1 aliphatic heterocycles. The van der Waals surface area contributed by atoms with Crippen LogP contribution in [-0.4, -0.2) is 49.3 Å². The molecule has 10 heteroatoms. The normalized spacial score (nSPS) is 18.1. The Morgan fingerprint density at radius 1 is 1.14 bits per heavy atom. The summed E-state index contributed by atoms with van der Waals surface area (Å²) in [6.07, 6.45) is 0. The molecule has 1 N–H and O–H groups in total. The maximum absolute atomic E-state index is 13.7. The van der Waals surface area contributed by atoms with E-state index in [2.05, 4.69) is 5.32 Å². The number of hydrogen-bond acceptors (Lipinski definition) is 3. The van der Waals surface area contributed by atoms with Crippen LogP contribution in [0.1, 0.15) is 6.92 Å². The van der Waals surface area contributed by atoms with Gasteiger partial charge in [0.15, 0.2) is 0 Å². The van der Waals surface area contributed by atoms with Gasteiger partial charge in [0, 0.05) is 36.8 Å². The van der Waals surface area contributed by atoms with Gasteiger partial charge in [-0.05, 0) is 43.3 Å². The van der Waals surface area contributed by atoms with Gasteiger partial charge in [-0.2, -0.15) is 4.31 Å². The van der Waals surface area contributed by atoms with E-state index >= 15 is 0 Å². The Balaban J connectivity index is 1.69. The van der Waals surface area contributed by atoms with Crippen LogP contribution in [0.15, 0.2) is 47.4 Å². The number of nitrogens with zero attached hydrogens (tertiary/aromatic N) is 2. The average Bonchev–Trinajstić information content (AvgIpc) is 2.64. The van der Waals surface area contributed by atoms with Crippen molar-refractivity contribution in [3.05, 3.63) is 59.1 Å². The van der Waals surface area contributed by atoms with Gasteiger partial charge in [0.25, 0.3) is 0 Å². The molecule has 1 aliphatic rings. The highest BCUT2D eigenvalue weighted by molar-refractivity contribution is 7.89. The molecular weight excluding hydrogens is 412 g/mol. The lowest BCUT2D eigenvalue weighted by Crippen LogP contribution is -2.56. The van der Waals surface area contributed by atoms with E-state index in [1.807, 2.05) is 0 Å². The zero-order chi connectivity index (χ0) is 20.5. The van der Waals surface area contributed by atoms with Gasteiger partial charge in [-0.25, -0.2) is 22.0 Å². The predicted molar refractivity (Wildman–Crippen MR) is 102 cm³/mol. The van der Waals surface area contributed by atoms with Crippen molar-refractivity contribution in [2.75, 3.05) is 25.0 Å². The number of amides is 2. The van der Waals surface area contributed by atoms with Crippen molar-refractivity contribution in [3.8, 4) is 0 Å². The van der Waals surface area contributed by atoms with Crippen LogP contribution in [0.3, 0.4) is 0 Å². The van der Waals surface area contributed by atoms with Crippen LogP contribution in [0.5, 0.6) is 0 Å². The molecule has 1 fully saturated rings. The Morgan fingerprint density at radius 3 is 2.43 bits per heavy atom. The topological polar surface area (TPSA) is 69.7 Å². The van der Waals surface area contributed by atoms with Gasteiger partial charge < -0.3 is 10.2 Å². The fraction of sp³-hybridized carbons (Fsp3) is 0.278. The Kier molecular flexibility index (Phi) is 5.87. The molecule has 28 heavy (non-hydrogen) atoms. The second kappa shape index (κ2) is 8.02. The van der Waals surface area contributed by atoms with Gasteiger partial charge in [0.2, 0.25) is 10.0 Å². The summed E-state index contributed by atoms with van der Waals surface area (Å²) in [5, 5.41) is 2.81. The third-order valence-corrected chi connectivity index (χ3v) is 6.73. The number of halogens is 3. The first-order valence-corrected chi connectivity index (χ1v) is 10.3. The number of hydrogen-bond donors (Lipinski definition) is 1. The third kappa shape index (κ3) is 4.26. The molecule has 2 amide bonds. The smallest absolute Gasteiger partial charge is 0.322 e. The zero-order valence-electron chi connectivity index (χ0n) is 14.9. The summed E-state index contributed by atoms with van der Waals surface area (Å²) >= 11 is 5.81. The van der Waals surface area contributed by atoms with Crippen LogP contribution in [0.4, 0.5) is 19.3 Å². The minimum atomic E-state index is -3.73. The first kappa shape index (κ1) is 20.5. The Labute approximate surface area is 166 Å². The average molecular weight is 430 g/mol. The molecule has 0 saturated carbocycles. The van der Waals surface area contributed by atoms with E-state index in [1.165, 1.54) is 33.5 Å². The monoisotopic (exact) mass is 429 g/mol. The second-order valence-electron chi connectivity index (χ2n) is 6.42. The van der Waals surface area contributed by atoms with E-state index < -0.39 is 33.7 Å². The van der Waals surface area contributed by atoms with Crippen molar-refractivity contribution in [3.63, 3.8) is 0 Å². The number of sulfonamides is 1. The second-order valence-corrected chi connectivity index (χ2v) is 8.75. The van der Waals surface area contributed by atoms with Crippen molar-refractivity contribution in [2.45, 2.75) is 17.9 Å². The number of urea groups is 1. The molecular formula is C18H18ClF2N3O3S. The number of carbonyl (C=O) groups excluding carboxylic acids is 1. The fourth-order valence-corrected chi connectivity index (χ4v) is 4.75. The summed E-state index contributed by atoms with van der Waals surface area (Å²) in [5.74, 6) is -1.63. The molecule has 0 spiro atoms. The minimum Gasteiger partial charge on any atom is -0.322 e. The number of anilines is 1. The largest absolute Gasteiger partial charge is 0.322 e. The Bertz CT molecular complexity index is 986. The van der Waals surface area contributed by atoms with Crippen molar-refractivity contribution in [1.82, 2.24) is 9.21 Å². The lowest BCUT2D eigenvalue weighted by Gasteiger charge is -2.38. The van der Waals surface area contributed by atoms with E-state index in [1.54, 1.807) is 6.92 Å². The maximum Gasteiger partial charge on any atom is 0.322 e. The van der Waals surface area contributed by atoms with E-state index in [9.17, 15) is 22.0 Å². The minimum absolute atomic E-state index is 0.0887. The van der Waals surface area contributed by atoms with Crippen molar-refractivity contribution >= 4 is 33.3 Å². The van der Waals surface area contributed by atoms with Gasteiger partial charge in [-0.3, -0.25) is 0 Å². The lowest BCUT2D eigenvalue weighted by molar-refractivity contribution is 0.157. The van der Waals surface area contributed by atoms with E-state index in [0.29, 0.717) is 11.1 Å². The van der Waals surface area contributed by atoms with E-state index in [-0.39, 0.29) is 30.2 Å². The molecule has 0 radical (unpaired) electrons. The zero-order valence-corrected chi connectivity index (χ0v) is 16.5. The standard InChI is InChI=1S/C18H18ClF2N3O3S/c1-12-11-23(18(25)22-17-7-4-14(20)10-16(17)21)8-9-24(12)28(26,27)15-5-2-13(19)3-6-15/h2-7,10,12H,8-9,11H2,1H3,(H,22,25)/t12-/m0/s1. The van der Waals surface area contributed by atoms with Crippen molar-refractivity contribution < 1.29 is 22.0 Å². The number of benzene rings is 2. The fourth-order valence-electron chi connectivity index (χ4n) is 3.01. The molecule has 150 valence electrons. The summed E-state index contributed by atoms with van der Waals surface area (Å²) in [6.45, 7) is 2.03. The summed E-state index contributed by atoms with van der Waals surface area (Å²) in [4.78, 5) is 13.9. The van der Waals surface area contributed by atoms with Gasteiger partial charge in [0.05, 0.1) is 10.6 Å². The molecule has 2 aromatic carbocycles. The molecule has 0 aliphatic carbocycles. The molecule has 1 heterocycles. The summed E-state index contributed by atoms with van der Waals surface area (Å²) < 4.78 is 53.7. The quantitative estimate of drug-likeness (QED) is 0.811. The van der Waals surface area contributed by atoms with Gasteiger partial charge in [0.1, 0.15) is 11.6 Å². The molecule has 3 rings (SSSR count). The Hall–Kier alpha value is -2.23. The van der Waals surface area contributed by atoms with E-state index in [0.717, 1.165) is 12.1 Å². The van der Waals surface area contributed by atoms with Gasteiger partial charge in [-0.1, -0.05) is 11.6 Å². The van der Waals surface area contributed by atoms with Crippen LogP contribution in [0.2, 0.25) is 5.02 Å². The van der Waals surface area contributed by atoms with Crippen LogP contribution >= 0.6 is 11.6 Å². The predicted octanol–water partition coefficient (Wildman–Crippen LogP) is 3.55. The van der Waals surface area contributed by atoms with Crippen molar-refractivity contribution in [1.29, 1.82) is 0 Å². The molecule has 6 nitrogen and oxygen atoms in total. The molecule has 1 atom stereocenters. The van der Waals surface area contributed by atoms with Crippen LogP contribution in [0.25, 0.3) is 0 Å². The number of carbonyl (C=O) groups is 1. The lowest BCUT2D eigenvalue weighted by atomic mass is 10.2. The van der Waals surface area contributed by atoms with Crippen LogP contribution < -0.4 is 5.32 Å². The molecule has 0 aromatic heterocycles. The summed E-state index contributed by atoms with van der Waals surface area (Å²) in [5.41, 5.74) is -0.143. The number of nitrogens with one attached hydrogen (secondary N) is 1. The summed E-state index contributed by atoms with van der Waals surface area (Å²) in [7, 11) is -3.73. The highest BCUT2D eigenvalue weighted by Gasteiger charge is 2.35. The Morgan fingerprint density at radius 2 is 1.82 bits per heavy atom. The molecule has 0 unspecified atom stereocenters. The van der Waals surface area contributed by atoms with Crippen LogP contribution in [0, 0.1) is 11.6 Å². The summed E-state index contributed by atoms with van der Waals surface area (Å²) in [6, 6.07) is 7.64. The molecule has 0 bridgehead atoms. The van der Waals surface area contributed by atoms with E-state index in [4.69, 9.17) is 11.6 Å². The van der Waals surface area contributed by atoms with Crippen molar-refractivity contribution in [2.24, 2.45) is 0 Å². The first-order chi connectivity index (χ1) is 13.2. The third-order valence-electron chi connectivity index (χ3n) is 4.45. The van der Waals surface area contributed by atoms with Crippen LogP contribution in [-0.2, 0) is 10.0 Å².